The zero-order chi connectivity index (χ0) is 18.8. The summed E-state index contributed by atoms with van der Waals surface area (Å²) in [6, 6.07) is 8.62. The van der Waals surface area contributed by atoms with Crippen LogP contribution in [0.2, 0.25) is 0 Å². The van der Waals surface area contributed by atoms with Crippen molar-refractivity contribution in [2.45, 2.75) is 0 Å². The summed E-state index contributed by atoms with van der Waals surface area (Å²) in [5.74, 6) is 0.348. The summed E-state index contributed by atoms with van der Waals surface area (Å²) in [7, 11) is 3.12. The van der Waals surface area contributed by atoms with Gasteiger partial charge in [0.15, 0.2) is 16.6 Å². The highest BCUT2D eigenvalue weighted by Gasteiger charge is 2.13. The van der Waals surface area contributed by atoms with Crippen LogP contribution in [0, 0.1) is 0 Å². The Hall–Kier alpha value is -2.49. The molecule has 1 aromatic carbocycles. The summed E-state index contributed by atoms with van der Waals surface area (Å²) < 4.78 is 15.6. The lowest BCUT2D eigenvalue weighted by Gasteiger charge is -2.09. The molecule has 0 saturated heterocycles. The van der Waals surface area contributed by atoms with Gasteiger partial charge in [-0.05, 0) is 47.4 Å². The van der Waals surface area contributed by atoms with Gasteiger partial charge in [-0.15, -0.1) is 11.3 Å². The maximum Gasteiger partial charge on any atom is 0.353 e. The second-order valence-corrected chi connectivity index (χ2v) is 6.25. The standard InChI is InChI=1S/C17H19N3O4S2/c1-22-8-7-18-17(25)20-19-11-12-5-6-13(14(10-12)23-2)24-16(21)15-4-3-9-26-15/h3-6,9-11H,7-8H2,1-2H3,(H2,18,20,25)/b19-11+. The predicted molar refractivity (Wildman–Crippen MR) is 105 cm³/mol. The summed E-state index contributed by atoms with van der Waals surface area (Å²) in [6.07, 6.45) is 1.58. The van der Waals surface area contributed by atoms with Gasteiger partial charge < -0.3 is 19.5 Å². The van der Waals surface area contributed by atoms with Crippen molar-refractivity contribution >= 4 is 40.9 Å². The molecular weight excluding hydrogens is 374 g/mol. The van der Waals surface area contributed by atoms with E-state index in [2.05, 4.69) is 15.8 Å². The second-order valence-electron chi connectivity index (χ2n) is 4.90. The highest BCUT2D eigenvalue weighted by atomic mass is 32.1. The van der Waals surface area contributed by atoms with Crippen LogP contribution in [0.15, 0.2) is 40.8 Å². The Morgan fingerprint density at radius 1 is 1.31 bits per heavy atom. The molecule has 0 unspecified atom stereocenters. The number of methoxy groups -OCH3 is 2. The van der Waals surface area contributed by atoms with Crippen molar-refractivity contribution in [1.82, 2.24) is 10.7 Å². The van der Waals surface area contributed by atoms with E-state index < -0.39 is 5.97 Å². The van der Waals surface area contributed by atoms with Crippen molar-refractivity contribution in [2.24, 2.45) is 5.10 Å². The number of esters is 1. The minimum Gasteiger partial charge on any atom is -0.493 e. The molecular formula is C17H19N3O4S2. The highest BCUT2D eigenvalue weighted by Crippen LogP contribution is 2.28. The maximum atomic E-state index is 12.0. The van der Waals surface area contributed by atoms with E-state index in [1.54, 1.807) is 43.7 Å². The van der Waals surface area contributed by atoms with Crippen LogP contribution >= 0.6 is 23.6 Å². The fourth-order valence-corrected chi connectivity index (χ4v) is 2.62. The number of rotatable bonds is 8. The molecule has 0 amide bonds. The molecule has 138 valence electrons. The zero-order valence-electron chi connectivity index (χ0n) is 14.4. The lowest BCUT2D eigenvalue weighted by Crippen LogP contribution is -2.34. The zero-order valence-corrected chi connectivity index (χ0v) is 16.0. The summed E-state index contributed by atoms with van der Waals surface area (Å²) in [5.41, 5.74) is 3.46. The van der Waals surface area contributed by atoms with Gasteiger partial charge in [-0.1, -0.05) is 6.07 Å². The first-order valence-corrected chi connectivity index (χ1v) is 8.92. The molecule has 0 aliphatic carbocycles. The van der Waals surface area contributed by atoms with Crippen molar-refractivity contribution < 1.29 is 19.0 Å². The average Bonchev–Trinajstić information content (AvgIpc) is 3.18. The molecule has 2 aromatic rings. The van der Waals surface area contributed by atoms with Gasteiger partial charge in [-0.2, -0.15) is 5.10 Å². The number of carbonyl (C=O) groups excluding carboxylic acids is 1. The van der Waals surface area contributed by atoms with E-state index in [1.807, 2.05) is 5.38 Å². The number of hydrazone groups is 1. The van der Waals surface area contributed by atoms with Gasteiger partial charge in [0.1, 0.15) is 4.88 Å². The first-order chi connectivity index (χ1) is 12.6. The Balaban J connectivity index is 1.96. The minimum absolute atomic E-state index is 0.341. The highest BCUT2D eigenvalue weighted by molar-refractivity contribution is 7.80. The quantitative estimate of drug-likeness (QED) is 0.178. The molecule has 7 nitrogen and oxygen atoms in total. The Morgan fingerprint density at radius 3 is 2.85 bits per heavy atom. The van der Waals surface area contributed by atoms with Crippen LogP contribution in [0.5, 0.6) is 11.5 Å². The number of carbonyl (C=O) groups is 1. The second kappa shape index (κ2) is 10.5. The van der Waals surface area contributed by atoms with Crippen molar-refractivity contribution in [2.75, 3.05) is 27.4 Å². The Morgan fingerprint density at radius 2 is 2.15 bits per heavy atom. The fourth-order valence-electron chi connectivity index (χ4n) is 1.87. The lowest BCUT2D eigenvalue weighted by molar-refractivity contribution is 0.0735. The van der Waals surface area contributed by atoms with Crippen molar-refractivity contribution in [3.05, 3.63) is 46.2 Å². The van der Waals surface area contributed by atoms with Gasteiger partial charge in [-0.25, -0.2) is 4.79 Å². The van der Waals surface area contributed by atoms with Gasteiger partial charge in [0.25, 0.3) is 0 Å². The summed E-state index contributed by atoms with van der Waals surface area (Å²) >= 11 is 6.38. The minimum atomic E-state index is -0.422. The van der Waals surface area contributed by atoms with Crippen LogP contribution in [-0.2, 0) is 4.74 Å². The SMILES string of the molecule is COCCNC(=S)N/N=C/c1ccc(OC(=O)c2cccs2)c(OC)c1. The molecule has 0 aliphatic rings. The molecule has 0 aliphatic heterocycles. The van der Waals surface area contributed by atoms with Gasteiger partial charge >= 0.3 is 5.97 Å². The molecule has 0 bridgehead atoms. The molecule has 26 heavy (non-hydrogen) atoms. The molecule has 0 fully saturated rings. The first-order valence-electron chi connectivity index (χ1n) is 7.63. The summed E-state index contributed by atoms with van der Waals surface area (Å²) in [6.45, 7) is 1.14. The summed E-state index contributed by atoms with van der Waals surface area (Å²) in [5, 5.41) is 9.19. The van der Waals surface area contributed by atoms with Gasteiger partial charge in [0.05, 0.1) is 19.9 Å². The Kier molecular flexibility index (Phi) is 8.00. The number of hydrogen-bond acceptors (Lipinski definition) is 7. The van der Waals surface area contributed by atoms with Crippen LogP contribution in [0.1, 0.15) is 15.2 Å². The number of thiocarbonyl (C=S) groups is 1. The third-order valence-corrected chi connectivity index (χ3v) is 4.17. The molecule has 1 aromatic heterocycles. The normalized spacial score (nSPS) is 10.5. The van der Waals surface area contributed by atoms with E-state index in [-0.39, 0.29) is 0 Å². The third kappa shape index (κ3) is 6.10. The molecule has 0 saturated carbocycles. The van der Waals surface area contributed by atoms with E-state index in [0.29, 0.717) is 34.6 Å². The number of hydrogen-bond donors (Lipinski definition) is 2. The molecule has 9 heteroatoms. The average molecular weight is 393 g/mol. The third-order valence-electron chi connectivity index (χ3n) is 3.08. The number of nitrogens with one attached hydrogen (secondary N) is 2. The van der Waals surface area contributed by atoms with Crippen LogP contribution in [0.3, 0.4) is 0 Å². The van der Waals surface area contributed by atoms with Crippen LogP contribution < -0.4 is 20.2 Å². The number of thiophene rings is 1. The van der Waals surface area contributed by atoms with Crippen LogP contribution in [0.4, 0.5) is 0 Å². The number of ether oxygens (including phenoxy) is 3. The van der Waals surface area contributed by atoms with Crippen LogP contribution in [-0.4, -0.2) is 44.7 Å². The number of benzene rings is 1. The van der Waals surface area contributed by atoms with E-state index in [0.717, 1.165) is 5.56 Å². The van der Waals surface area contributed by atoms with Crippen molar-refractivity contribution in [1.29, 1.82) is 0 Å². The predicted octanol–water partition coefficient (Wildman–Crippen LogP) is 2.42. The van der Waals surface area contributed by atoms with Gasteiger partial charge in [-0.3, -0.25) is 5.43 Å². The molecule has 2 rings (SSSR count). The molecule has 1 heterocycles. The largest absolute Gasteiger partial charge is 0.493 e. The first kappa shape index (κ1) is 19.8. The number of nitrogens with zero attached hydrogens (tertiary/aromatic N) is 1. The van der Waals surface area contributed by atoms with Crippen molar-refractivity contribution in [3.8, 4) is 11.5 Å². The maximum absolute atomic E-state index is 12.0. The van der Waals surface area contributed by atoms with Gasteiger partial charge in [0, 0.05) is 13.7 Å². The topological polar surface area (TPSA) is 81.2 Å². The van der Waals surface area contributed by atoms with E-state index in [9.17, 15) is 4.79 Å². The smallest absolute Gasteiger partial charge is 0.353 e. The monoisotopic (exact) mass is 393 g/mol. The van der Waals surface area contributed by atoms with E-state index in [4.69, 9.17) is 26.4 Å². The fraction of sp³-hybridized carbons (Fsp3) is 0.235. The molecule has 0 atom stereocenters. The van der Waals surface area contributed by atoms with E-state index in [1.165, 1.54) is 18.4 Å². The molecule has 0 spiro atoms. The van der Waals surface area contributed by atoms with Crippen molar-refractivity contribution in [3.63, 3.8) is 0 Å². The Labute approximate surface area is 161 Å². The van der Waals surface area contributed by atoms with Crippen LogP contribution in [0.25, 0.3) is 0 Å². The lowest BCUT2D eigenvalue weighted by atomic mass is 10.2. The van der Waals surface area contributed by atoms with E-state index >= 15 is 0 Å². The Bertz CT molecular complexity index is 763. The molecule has 2 N–H and O–H groups in total. The molecule has 0 radical (unpaired) electrons. The van der Waals surface area contributed by atoms with Gasteiger partial charge in [0.2, 0.25) is 0 Å². The summed E-state index contributed by atoms with van der Waals surface area (Å²) in [4.78, 5) is 12.6.